The molecule has 1 aliphatic heterocycles. The Balaban J connectivity index is 1.64. The van der Waals surface area contributed by atoms with E-state index >= 15 is 0 Å². The Kier molecular flexibility index (Phi) is 7.90. The number of methoxy groups -OCH3 is 2. The van der Waals surface area contributed by atoms with Gasteiger partial charge in [0.05, 0.1) is 46.1 Å². The van der Waals surface area contributed by atoms with Crippen LogP contribution < -0.4 is 24.4 Å². The Hall–Kier alpha value is -4.12. The molecule has 1 atom stereocenters. The van der Waals surface area contributed by atoms with Gasteiger partial charge in [-0.05, 0) is 55.0 Å². The first-order chi connectivity index (χ1) is 19.6. The SMILES string of the molecule is COC(=O)C1=C(C)N=c2sc(=Cc3ccc(-c4ccc(Cl)c(Cl)c4)o3)c(=O)n2C1c1ccc(OC(C)=O)c(OC)c1. The zero-order valence-electron chi connectivity index (χ0n) is 22.2. The Labute approximate surface area is 247 Å². The normalized spacial score (nSPS) is 14.9. The predicted molar refractivity (Wildman–Crippen MR) is 154 cm³/mol. The van der Waals surface area contributed by atoms with Gasteiger partial charge in [-0.2, -0.15) is 0 Å². The van der Waals surface area contributed by atoms with Crippen molar-refractivity contribution in [3.63, 3.8) is 0 Å². The number of aromatic nitrogens is 1. The van der Waals surface area contributed by atoms with E-state index in [4.69, 9.17) is 41.8 Å². The summed E-state index contributed by atoms with van der Waals surface area (Å²) >= 11 is 13.3. The van der Waals surface area contributed by atoms with Crippen molar-refractivity contribution in [3.05, 3.63) is 101 Å². The summed E-state index contributed by atoms with van der Waals surface area (Å²) in [7, 11) is 2.69. The van der Waals surface area contributed by atoms with Gasteiger partial charge in [0, 0.05) is 18.6 Å². The van der Waals surface area contributed by atoms with Crippen LogP contribution >= 0.6 is 34.5 Å². The largest absolute Gasteiger partial charge is 0.493 e. The standard InChI is InChI=1S/C29H22Cl2N2O7S/c1-14-25(28(36)38-4)26(17-6-9-22(39-15(2)34)23(12-17)37-3)33-27(35)24(41-29(33)32-14)13-18-7-10-21(40-18)16-5-8-19(30)20(31)11-16/h5-13,26H,1-4H3. The zero-order chi connectivity index (χ0) is 29.4. The van der Waals surface area contributed by atoms with Crippen LogP contribution in [0.1, 0.15) is 31.2 Å². The molecule has 0 spiro atoms. The van der Waals surface area contributed by atoms with Crippen LogP contribution in [0.15, 0.2) is 74.0 Å². The number of furan rings is 1. The average molecular weight is 613 g/mol. The van der Waals surface area contributed by atoms with Gasteiger partial charge in [-0.3, -0.25) is 14.2 Å². The van der Waals surface area contributed by atoms with Crippen LogP contribution in [0.2, 0.25) is 10.0 Å². The maximum Gasteiger partial charge on any atom is 0.338 e. The monoisotopic (exact) mass is 612 g/mol. The molecule has 1 unspecified atom stereocenters. The molecule has 0 fully saturated rings. The van der Waals surface area contributed by atoms with Gasteiger partial charge in [-0.1, -0.05) is 40.6 Å². The number of nitrogens with zero attached hydrogens (tertiary/aromatic N) is 2. The molecule has 210 valence electrons. The van der Waals surface area contributed by atoms with Crippen LogP contribution in [-0.4, -0.2) is 30.7 Å². The lowest BCUT2D eigenvalue weighted by molar-refractivity contribution is -0.136. The third-order valence-corrected chi connectivity index (χ3v) is 8.01. The number of hydrogen-bond acceptors (Lipinski definition) is 9. The van der Waals surface area contributed by atoms with E-state index in [2.05, 4.69) is 4.99 Å². The highest BCUT2D eigenvalue weighted by molar-refractivity contribution is 7.07. The van der Waals surface area contributed by atoms with Crippen molar-refractivity contribution < 1.29 is 28.2 Å². The van der Waals surface area contributed by atoms with E-state index in [1.165, 1.54) is 25.7 Å². The molecule has 0 saturated heterocycles. The first kappa shape index (κ1) is 28.4. The lowest BCUT2D eigenvalue weighted by Gasteiger charge is -2.25. The van der Waals surface area contributed by atoms with Gasteiger partial charge in [-0.15, -0.1) is 0 Å². The van der Waals surface area contributed by atoms with E-state index in [1.54, 1.807) is 61.5 Å². The second-order valence-corrected chi connectivity index (χ2v) is 10.7. The summed E-state index contributed by atoms with van der Waals surface area (Å²) in [4.78, 5) is 43.2. The second kappa shape index (κ2) is 11.4. The van der Waals surface area contributed by atoms with Crippen LogP contribution in [0.3, 0.4) is 0 Å². The molecule has 0 N–H and O–H groups in total. The van der Waals surface area contributed by atoms with Gasteiger partial charge >= 0.3 is 11.9 Å². The summed E-state index contributed by atoms with van der Waals surface area (Å²) in [5, 5.41) is 0.822. The van der Waals surface area contributed by atoms with E-state index in [0.29, 0.717) is 42.2 Å². The molecule has 0 bridgehead atoms. The quantitative estimate of drug-likeness (QED) is 0.225. The molecular weight excluding hydrogens is 591 g/mol. The Morgan fingerprint density at radius 3 is 2.51 bits per heavy atom. The molecule has 0 aliphatic carbocycles. The molecule has 2 aromatic heterocycles. The van der Waals surface area contributed by atoms with Crippen LogP contribution in [0.4, 0.5) is 0 Å². The topological polar surface area (TPSA) is 109 Å². The van der Waals surface area contributed by atoms with Crippen molar-refractivity contribution in [1.82, 2.24) is 4.57 Å². The Bertz CT molecular complexity index is 1920. The maximum absolute atomic E-state index is 13.8. The molecule has 0 saturated carbocycles. The fraction of sp³-hybridized carbons (Fsp3) is 0.172. The van der Waals surface area contributed by atoms with E-state index < -0.39 is 18.0 Å². The number of hydrogen-bond donors (Lipinski definition) is 0. The minimum absolute atomic E-state index is 0.189. The van der Waals surface area contributed by atoms with Crippen LogP contribution in [0.5, 0.6) is 11.5 Å². The van der Waals surface area contributed by atoms with Crippen molar-refractivity contribution in [2.24, 2.45) is 4.99 Å². The molecule has 1 aliphatic rings. The molecule has 5 rings (SSSR count). The molecule has 41 heavy (non-hydrogen) atoms. The average Bonchev–Trinajstić information content (AvgIpc) is 3.53. The predicted octanol–water partition coefficient (Wildman–Crippen LogP) is 4.91. The van der Waals surface area contributed by atoms with E-state index in [0.717, 1.165) is 16.9 Å². The molecule has 0 amide bonds. The summed E-state index contributed by atoms with van der Waals surface area (Å²) in [6.07, 6.45) is 1.61. The van der Waals surface area contributed by atoms with Crippen molar-refractivity contribution in [3.8, 4) is 22.8 Å². The minimum atomic E-state index is -0.885. The van der Waals surface area contributed by atoms with E-state index in [-0.39, 0.29) is 22.6 Å². The van der Waals surface area contributed by atoms with Gasteiger partial charge in [-0.25, -0.2) is 9.79 Å². The maximum atomic E-state index is 13.8. The second-order valence-electron chi connectivity index (χ2n) is 8.91. The molecule has 4 aromatic rings. The van der Waals surface area contributed by atoms with Crippen LogP contribution in [0.25, 0.3) is 17.4 Å². The Morgan fingerprint density at radius 2 is 1.83 bits per heavy atom. The molecule has 9 nitrogen and oxygen atoms in total. The lowest BCUT2D eigenvalue weighted by Crippen LogP contribution is -2.39. The smallest absolute Gasteiger partial charge is 0.338 e. The first-order valence-corrected chi connectivity index (χ1v) is 13.7. The lowest BCUT2D eigenvalue weighted by atomic mass is 9.95. The summed E-state index contributed by atoms with van der Waals surface area (Å²) in [6, 6.07) is 12.6. The summed E-state index contributed by atoms with van der Waals surface area (Å²) in [6.45, 7) is 2.95. The number of esters is 2. The number of carbonyl (C=O) groups excluding carboxylic acids is 2. The summed E-state index contributed by atoms with van der Waals surface area (Å²) in [5.74, 6) is 0.283. The highest BCUT2D eigenvalue weighted by Crippen LogP contribution is 2.36. The van der Waals surface area contributed by atoms with Gasteiger partial charge in [0.25, 0.3) is 5.56 Å². The molecule has 3 heterocycles. The summed E-state index contributed by atoms with van der Waals surface area (Å²) in [5.41, 5.74) is 1.46. The van der Waals surface area contributed by atoms with Gasteiger partial charge < -0.3 is 18.6 Å². The number of fused-ring (bicyclic) bond motifs is 1. The molecule has 2 aromatic carbocycles. The zero-order valence-corrected chi connectivity index (χ0v) is 24.5. The fourth-order valence-electron chi connectivity index (χ4n) is 4.47. The van der Waals surface area contributed by atoms with Gasteiger partial charge in [0.1, 0.15) is 11.5 Å². The van der Waals surface area contributed by atoms with Crippen LogP contribution in [-0.2, 0) is 14.3 Å². The highest BCUT2D eigenvalue weighted by atomic mass is 35.5. The number of thiazole rings is 1. The minimum Gasteiger partial charge on any atom is -0.493 e. The molecular formula is C29H22Cl2N2O7S. The first-order valence-electron chi connectivity index (χ1n) is 12.1. The summed E-state index contributed by atoms with van der Waals surface area (Å²) < 4.78 is 23.4. The van der Waals surface area contributed by atoms with Crippen molar-refractivity contribution in [2.45, 2.75) is 19.9 Å². The van der Waals surface area contributed by atoms with Crippen molar-refractivity contribution in [2.75, 3.05) is 14.2 Å². The molecule has 0 radical (unpaired) electrons. The third kappa shape index (κ3) is 5.46. The number of rotatable bonds is 6. The number of halogens is 2. The van der Waals surface area contributed by atoms with Gasteiger partial charge in [0.2, 0.25) is 0 Å². The third-order valence-electron chi connectivity index (χ3n) is 6.29. The van der Waals surface area contributed by atoms with Gasteiger partial charge in [0.15, 0.2) is 16.3 Å². The number of allylic oxidation sites excluding steroid dienone is 1. The van der Waals surface area contributed by atoms with Crippen molar-refractivity contribution >= 4 is 52.6 Å². The number of carbonyl (C=O) groups is 2. The van der Waals surface area contributed by atoms with Crippen molar-refractivity contribution in [1.29, 1.82) is 0 Å². The van der Waals surface area contributed by atoms with E-state index in [1.807, 2.05) is 0 Å². The van der Waals surface area contributed by atoms with E-state index in [9.17, 15) is 14.4 Å². The van der Waals surface area contributed by atoms with Crippen LogP contribution in [0, 0.1) is 0 Å². The fourth-order valence-corrected chi connectivity index (χ4v) is 5.79. The molecule has 12 heteroatoms. The number of benzene rings is 2. The number of ether oxygens (including phenoxy) is 3. The highest BCUT2D eigenvalue weighted by Gasteiger charge is 2.33. The Morgan fingerprint density at radius 1 is 1.05 bits per heavy atom.